The highest BCUT2D eigenvalue weighted by Crippen LogP contribution is 2.52. The van der Waals surface area contributed by atoms with E-state index < -0.39 is 135 Å². The van der Waals surface area contributed by atoms with Gasteiger partial charge in [0.15, 0.2) is 53.2 Å². The van der Waals surface area contributed by atoms with Crippen LogP contribution >= 0.6 is 7.82 Å². The second-order valence-electron chi connectivity index (χ2n) is 17.5. The van der Waals surface area contributed by atoms with E-state index in [-0.39, 0.29) is 67.2 Å². The van der Waals surface area contributed by atoms with Crippen molar-refractivity contribution in [2.45, 2.75) is 73.6 Å². The lowest BCUT2D eigenvalue weighted by Crippen LogP contribution is -2.38. The molecule has 0 aliphatic carbocycles. The summed E-state index contributed by atoms with van der Waals surface area (Å²) in [6.45, 7) is -3.02. The average Bonchev–Trinajstić information content (AvgIpc) is 3.99. The Morgan fingerprint density at radius 2 is 0.649 bits per heavy atom. The van der Waals surface area contributed by atoms with Crippen molar-refractivity contribution < 1.29 is 91.4 Å². The minimum absolute atomic E-state index is 0.0623. The first-order chi connectivity index (χ1) is 36.7. The van der Waals surface area contributed by atoms with Crippen LogP contribution in [0.2, 0.25) is 0 Å². The number of phosphoric acid groups is 1. The lowest BCUT2D eigenvalue weighted by molar-refractivity contribution is -0.0734. The fourth-order valence-electron chi connectivity index (χ4n) is 9.35. The Morgan fingerprint density at radius 1 is 0.416 bits per heavy atom. The summed E-state index contributed by atoms with van der Waals surface area (Å²) >= 11 is 0. The van der Waals surface area contributed by atoms with Crippen molar-refractivity contribution in [1.29, 1.82) is 0 Å². The van der Waals surface area contributed by atoms with Crippen LogP contribution in [-0.2, 0) is 32.3 Å². The molecule has 9 rings (SSSR count). The summed E-state index contributed by atoms with van der Waals surface area (Å²) in [6.07, 6.45) is -22.1. The topological polar surface area (TPSA) is 414 Å². The van der Waals surface area contributed by atoms with Crippen LogP contribution < -0.4 is 62.2 Å². The minimum Gasteiger partial charge on any atom is -0.493 e. The molecule has 3 aliphatic heterocycles. The van der Waals surface area contributed by atoms with Gasteiger partial charge in [-0.25, -0.2) is 18.9 Å². The van der Waals surface area contributed by atoms with Crippen LogP contribution in [0.4, 0.5) is 0 Å². The third kappa shape index (κ3) is 9.68. The third-order valence-electron chi connectivity index (χ3n) is 13.3. The number of benzene rings is 3. The Balaban J connectivity index is 1.01. The molecular weight excluding hydrogens is 1060 g/mol. The van der Waals surface area contributed by atoms with E-state index >= 15 is 0 Å². The van der Waals surface area contributed by atoms with E-state index in [2.05, 4.69) is 15.0 Å². The first-order valence-corrected chi connectivity index (χ1v) is 24.5. The zero-order valence-electron chi connectivity index (χ0n) is 41.2. The molecule has 0 unspecified atom stereocenters. The van der Waals surface area contributed by atoms with Gasteiger partial charge in [0, 0.05) is 18.2 Å². The van der Waals surface area contributed by atoms with Crippen LogP contribution in [0.1, 0.15) is 18.7 Å². The summed E-state index contributed by atoms with van der Waals surface area (Å²) in [7, 11) is 2.51. The van der Waals surface area contributed by atoms with E-state index in [1.165, 1.54) is 79.1 Å². The molecule has 12 atom stereocenters. The predicted molar refractivity (Wildman–Crippen MR) is 259 cm³/mol. The molecule has 0 amide bonds. The summed E-state index contributed by atoms with van der Waals surface area (Å²) < 4.78 is 83.9. The minimum atomic E-state index is -5.27. The maximum absolute atomic E-state index is 14.9. The Kier molecular flexibility index (Phi) is 15.3. The number of nitrogens with zero attached hydrogens (tertiary/aromatic N) is 3. The maximum atomic E-state index is 14.9. The second-order valence-corrected chi connectivity index (χ2v) is 19.2. The molecule has 3 fully saturated rings. The van der Waals surface area contributed by atoms with Crippen LogP contribution in [-0.4, -0.2) is 177 Å². The quantitative estimate of drug-likeness (QED) is 0.0392. The molecule has 3 aromatic heterocycles. The summed E-state index contributed by atoms with van der Waals surface area (Å²) in [4.78, 5) is 85.3. The number of aliphatic hydroxyl groups is 6. The second kappa shape index (κ2) is 21.5. The Labute approximate surface area is 429 Å². The van der Waals surface area contributed by atoms with E-state index in [9.17, 15) is 64.0 Å². The zero-order valence-corrected chi connectivity index (χ0v) is 42.1. The number of methoxy groups -OCH3 is 6. The van der Waals surface area contributed by atoms with E-state index in [1.54, 1.807) is 0 Å². The van der Waals surface area contributed by atoms with Crippen molar-refractivity contribution in [1.82, 2.24) is 28.7 Å². The molecule has 0 bridgehead atoms. The summed E-state index contributed by atoms with van der Waals surface area (Å²) in [5.41, 5.74) is -6.24. The number of aromatic nitrogens is 6. The molecule has 32 heteroatoms. The molecule has 3 aromatic carbocycles. The van der Waals surface area contributed by atoms with E-state index in [0.29, 0.717) is 0 Å². The Bertz CT molecular complexity index is 3290. The van der Waals surface area contributed by atoms with Gasteiger partial charge in [0.05, 0.1) is 95.2 Å². The van der Waals surface area contributed by atoms with Crippen molar-refractivity contribution in [3.05, 3.63) is 98.9 Å². The molecule has 0 spiro atoms. The first-order valence-electron chi connectivity index (χ1n) is 23.0. The number of aromatic amines is 3. The molecule has 3 saturated heterocycles. The van der Waals surface area contributed by atoms with Crippen molar-refractivity contribution in [3.8, 4) is 34.5 Å². The summed E-state index contributed by atoms with van der Waals surface area (Å²) in [6, 6.07) is 7.54. The number of H-pyrrole nitrogens is 3. The van der Waals surface area contributed by atoms with Crippen LogP contribution in [0.3, 0.4) is 0 Å². The molecule has 0 radical (unpaired) electrons. The average molecular weight is 1110 g/mol. The van der Waals surface area contributed by atoms with Crippen molar-refractivity contribution in [2.24, 2.45) is 0 Å². The summed E-state index contributed by atoms with van der Waals surface area (Å²) in [5, 5.41) is 67.5. The zero-order chi connectivity index (χ0) is 55.5. The first kappa shape index (κ1) is 54.8. The monoisotopic (exact) mass is 1110 g/mol. The molecular formula is C45H51N6O25P. The maximum Gasteiger partial charge on any atom is 0.475 e. The number of aliphatic hydroxyl groups excluding tert-OH is 6. The van der Waals surface area contributed by atoms with Gasteiger partial charge < -0.3 is 73.3 Å². The largest absolute Gasteiger partial charge is 0.493 e. The lowest BCUT2D eigenvalue weighted by Gasteiger charge is -2.24. The Morgan fingerprint density at radius 3 is 0.883 bits per heavy atom. The SMILES string of the molecule is COc1cc2c(=O)[nH]c(=O)n([C@@H]3O[C@H](COP(=O)(OC[C@H]4O[C@@H](n5c(=O)[nH]c(=O)c6cc(OC)c(OC)cc65)[C@H](O)[C@@H]4O)OC[C@H]4O[C@@H](n5c(=O)[nH]c(=O)c6cc(OC)c(OC)cc65)[C@H](O)[C@@H]4O)[C@@H](O)[C@H]3O)c2cc1OC. The fraction of sp³-hybridized carbons (Fsp3) is 0.467. The van der Waals surface area contributed by atoms with Gasteiger partial charge in [-0.2, -0.15) is 0 Å². The number of fused-ring (bicyclic) bond motifs is 3. The van der Waals surface area contributed by atoms with E-state index in [4.69, 9.17) is 56.2 Å². The van der Waals surface area contributed by atoms with Crippen molar-refractivity contribution >= 4 is 40.5 Å². The van der Waals surface area contributed by atoms with Gasteiger partial charge in [0.2, 0.25) is 0 Å². The molecule has 77 heavy (non-hydrogen) atoms. The van der Waals surface area contributed by atoms with E-state index in [1.807, 2.05) is 0 Å². The Hall–Kier alpha value is -6.97. The number of hydrogen-bond acceptors (Lipinski definition) is 25. The molecule has 0 saturated carbocycles. The van der Waals surface area contributed by atoms with Crippen LogP contribution in [0.15, 0.2) is 65.2 Å². The highest BCUT2D eigenvalue weighted by molar-refractivity contribution is 7.48. The van der Waals surface area contributed by atoms with Gasteiger partial charge in [-0.1, -0.05) is 0 Å². The van der Waals surface area contributed by atoms with Gasteiger partial charge >= 0.3 is 24.9 Å². The normalized spacial score (nSPS) is 26.4. The highest BCUT2D eigenvalue weighted by atomic mass is 31.2. The summed E-state index contributed by atoms with van der Waals surface area (Å²) in [5.74, 6) is 0.500. The molecule has 6 heterocycles. The fourth-order valence-corrected chi connectivity index (χ4v) is 10.6. The molecule has 6 aromatic rings. The van der Waals surface area contributed by atoms with Crippen LogP contribution in [0, 0.1) is 0 Å². The number of phosphoric ester groups is 1. The van der Waals surface area contributed by atoms with Gasteiger partial charge in [0.25, 0.3) is 16.7 Å². The standard InChI is InChI=1S/C45H51N6O25P/c1-65-22-7-16-19(10-25(22)68-4)49(43(61)46-37(16)58)40-34(55)31(52)28(74-40)13-71-77(64,72-14-29-32(53)35(56)41(75-29)50-20-11-26(69-5)23(66-2)8-17(20)38(59)47-44(50)62)73-15-30-33(54)36(57)42(76-30)51-21-12-27(70-6)24(67-3)9-18(21)39(60)48-45(51)63/h7-12,28-36,40-42,52-57H,13-15H2,1-6H3,(H,46,58,61)(H,47,59,62)(H,48,60,63)/t28-,29-,30-,31-,32-,33-,34-,35-,36-,40-,41-,42-/m1/s1. The van der Waals surface area contributed by atoms with Gasteiger partial charge in [0.1, 0.15) is 54.9 Å². The van der Waals surface area contributed by atoms with Gasteiger partial charge in [-0.15, -0.1) is 0 Å². The molecule has 31 nitrogen and oxygen atoms in total. The van der Waals surface area contributed by atoms with Crippen LogP contribution in [0.25, 0.3) is 32.7 Å². The van der Waals surface area contributed by atoms with E-state index in [0.717, 1.165) is 13.7 Å². The van der Waals surface area contributed by atoms with Crippen molar-refractivity contribution in [3.63, 3.8) is 0 Å². The smallest absolute Gasteiger partial charge is 0.475 e. The number of hydrogen-bond donors (Lipinski definition) is 9. The van der Waals surface area contributed by atoms with Crippen LogP contribution in [0.5, 0.6) is 34.5 Å². The molecule has 9 N–H and O–H groups in total. The number of ether oxygens (including phenoxy) is 9. The molecule has 416 valence electrons. The van der Waals surface area contributed by atoms with Gasteiger partial charge in [-0.3, -0.25) is 56.6 Å². The lowest BCUT2D eigenvalue weighted by atomic mass is 10.1. The number of nitrogens with one attached hydrogen (secondary N) is 3. The van der Waals surface area contributed by atoms with Crippen molar-refractivity contribution in [2.75, 3.05) is 62.5 Å². The highest BCUT2D eigenvalue weighted by Gasteiger charge is 2.50. The van der Waals surface area contributed by atoms with Gasteiger partial charge in [-0.05, 0) is 18.2 Å². The number of rotatable bonds is 18. The predicted octanol–water partition coefficient (Wildman–Crippen LogP) is -2.84. The molecule has 3 aliphatic rings. The third-order valence-corrected chi connectivity index (χ3v) is 14.7.